The number of anilines is 1. The normalized spacial score (nSPS) is 28.9. The number of ketones is 2. The van der Waals surface area contributed by atoms with Crippen molar-refractivity contribution in [3.63, 3.8) is 0 Å². The lowest BCUT2D eigenvalue weighted by atomic mass is 9.60. The van der Waals surface area contributed by atoms with Gasteiger partial charge in [-0.15, -0.1) is 0 Å². The molecule has 0 bridgehead atoms. The third-order valence-corrected chi connectivity index (χ3v) is 7.57. The Labute approximate surface area is 189 Å². The van der Waals surface area contributed by atoms with Gasteiger partial charge in [-0.2, -0.15) is 0 Å². The van der Waals surface area contributed by atoms with Crippen molar-refractivity contribution in [2.75, 3.05) is 19.0 Å². The van der Waals surface area contributed by atoms with E-state index < -0.39 is 52.0 Å². The number of aliphatic hydroxyl groups excluding tert-OH is 2. The minimum absolute atomic E-state index is 0.0831. The molecule has 33 heavy (non-hydrogen) atoms. The molecule has 6 N–H and O–H groups in total. The summed E-state index contributed by atoms with van der Waals surface area (Å²) in [5.74, 6) is -5.84. The van der Waals surface area contributed by atoms with E-state index in [0.717, 1.165) is 18.5 Å². The van der Waals surface area contributed by atoms with Crippen LogP contribution in [0.25, 0.3) is 0 Å². The van der Waals surface area contributed by atoms with Gasteiger partial charge in [-0.3, -0.25) is 14.4 Å². The first-order valence-corrected chi connectivity index (χ1v) is 11.0. The van der Waals surface area contributed by atoms with E-state index in [1.165, 1.54) is 0 Å². The molecule has 1 amide bonds. The Hall–Kier alpha value is -3.33. The van der Waals surface area contributed by atoms with Gasteiger partial charge in [0.2, 0.25) is 5.78 Å². The van der Waals surface area contributed by atoms with Crippen molar-refractivity contribution in [1.82, 2.24) is 0 Å². The highest BCUT2D eigenvalue weighted by Crippen LogP contribution is 2.54. The molecule has 0 heterocycles. The fraction of sp³-hybridized carbons (Fsp3) is 0.458. The van der Waals surface area contributed by atoms with Gasteiger partial charge in [0.15, 0.2) is 11.4 Å². The number of carbonyl (C=O) groups is 3. The number of hydrogen-bond acceptors (Lipinski definition) is 8. The Balaban J connectivity index is 1.71. The number of amides is 1. The third kappa shape index (κ3) is 2.78. The van der Waals surface area contributed by atoms with Gasteiger partial charge in [-0.25, -0.2) is 0 Å². The van der Waals surface area contributed by atoms with E-state index in [2.05, 4.69) is 0 Å². The highest BCUT2D eigenvalue weighted by Gasteiger charge is 2.59. The molecule has 1 fully saturated rings. The predicted molar refractivity (Wildman–Crippen MR) is 117 cm³/mol. The molecule has 5 rings (SSSR count). The summed E-state index contributed by atoms with van der Waals surface area (Å²) in [7, 11) is 3.70. The first kappa shape index (κ1) is 21.5. The van der Waals surface area contributed by atoms with Crippen LogP contribution in [-0.2, 0) is 16.0 Å². The fourth-order valence-corrected chi connectivity index (χ4v) is 5.79. The Morgan fingerprint density at radius 3 is 2.36 bits per heavy atom. The fourth-order valence-electron chi connectivity index (χ4n) is 5.79. The third-order valence-electron chi connectivity index (χ3n) is 7.57. The summed E-state index contributed by atoms with van der Waals surface area (Å²) in [6, 6.07) is 1.91. The number of nitrogens with zero attached hydrogens (tertiary/aromatic N) is 1. The van der Waals surface area contributed by atoms with Gasteiger partial charge in [0.1, 0.15) is 22.8 Å². The number of aliphatic hydroxyl groups is 3. The van der Waals surface area contributed by atoms with Crippen molar-refractivity contribution >= 4 is 23.2 Å². The molecule has 0 saturated heterocycles. The number of primary amides is 1. The summed E-state index contributed by atoms with van der Waals surface area (Å²) in [5.41, 5.74) is 4.00. The smallest absolute Gasteiger partial charge is 0.255 e. The zero-order valence-corrected chi connectivity index (χ0v) is 18.4. The summed E-state index contributed by atoms with van der Waals surface area (Å²) in [6.45, 7) is 0. The van der Waals surface area contributed by atoms with E-state index in [0.29, 0.717) is 17.5 Å². The Bertz CT molecular complexity index is 1210. The molecule has 0 spiro atoms. The van der Waals surface area contributed by atoms with Gasteiger partial charge in [0.25, 0.3) is 5.91 Å². The van der Waals surface area contributed by atoms with Crippen molar-refractivity contribution in [2.24, 2.45) is 17.6 Å². The number of hydrogen-bond donors (Lipinski definition) is 5. The molecule has 9 heteroatoms. The van der Waals surface area contributed by atoms with Crippen molar-refractivity contribution < 1.29 is 34.8 Å². The number of nitrogens with two attached hydrogens (primary N) is 1. The summed E-state index contributed by atoms with van der Waals surface area (Å²) in [6.07, 6.45) is 2.01. The number of allylic oxidation sites excluding steroid dienone is 2. The number of phenolic OH excluding ortho intramolecular Hbond substituents is 1. The lowest BCUT2D eigenvalue weighted by molar-refractivity contribution is -0.144. The maximum atomic E-state index is 13.7. The minimum Gasteiger partial charge on any atom is -0.511 e. The second-order valence-electron chi connectivity index (χ2n) is 9.77. The minimum atomic E-state index is -2.54. The molecule has 3 atom stereocenters. The second-order valence-corrected chi connectivity index (χ2v) is 9.77. The summed E-state index contributed by atoms with van der Waals surface area (Å²) < 4.78 is 0. The summed E-state index contributed by atoms with van der Waals surface area (Å²) >= 11 is 0. The van der Waals surface area contributed by atoms with Gasteiger partial charge in [0, 0.05) is 37.7 Å². The van der Waals surface area contributed by atoms with E-state index in [4.69, 9.17) is 5.73 Å². The SMILES string of the molecule is CN(C)c1cc(C2CC2)c(O)c2c1C[C@H]1C[C@H]3CC(O)=C(C(N)=O)C(=O)[C@@]3(O)C(O)=C1C2=O. The second kappa shape index (κ2) is 6.84. The van der Waals surface area contributed by atoms with Crippen molar-refractivity contribution in [3.8, 4) is 5.75 Å². The van der Waals surface area contributed by atoms with Gasteiger partial charge in [-0.05, 0) is 54.7 Å². The summed E-state index contributed by atoms with van der Waals surface area (Å²) in [4.78, 5) is 40.3. The van der Waals surface area contributed by atoms with Crippen molar-refractivity contribution in [1.29, 1.82) is 0 Å². The van der Waals surface area contributed by atoms with Crippen LogP contribution in [-0.4, -0.2) is 57.6 Å². The number of fused-ring (bicyclic) bond motifs is 3. The quantitative estimate of drug-likeness (QED) is 0.430. The highest BCUT2D eigenvalue weighted by molar-refractivity contribution is 6.24. The first-order valence-electron chi connectivity index (χ1n) is 11.0. The Morgan fingerprint density at radius 1 is 1.12 bits per heavy atom. The topological polar surface area (TPSA) is 161 Å². The van der Waals surface area contributed by atoms with Gasteiger partial charge in [0.05, 0.1) is 5.56 Å². The van der Waals surface area contributed by atoms with Gasteiger partial charge < -0.3 is 31.1 Å². The lowest BCUT2D eigenvalue weighted by Crippen LogP contribution is -2.57. The van der Waals surface area contributed by atoms with Crippen LogP contribution in [0.15, 0.2) is 28.7 Å². The number of Topliss-reactive ketones (excluding diaryl/α,β-unsaturated/α-hetero) is 2. The predicted octanol–water partition coefficient (Wildman–Crippen LogP) is 1.52. The molecule has 174 valence electrons. The molecule has 0 unspecified atom stereocenters. The van der Waals surface area contributed by atoms with Gasteiger partial charge in [-0.1, -0.05) is 0 Å². The van der Waals surface area contributed by atoms with Crippen molar-refractivity contribution in [3.05, 3.63) is 45.4 Å². The van der Waals surface area contributed by atoms with Gasteiger partial charge >= 0.3 is 0 Å². The standard InChI is InChI=1S/C24H26N2O7/c1-26(2)14-8-12(9-3-4-9)19(28)17-13(14)6-10-5-11-7-15(27)18(23(25)32)22(31)24(11,33)21(30)16(10)20(17)29/h8-11,27-28,30,33H,3-7H2,1-2H3,(H2,25,32)/t10-,11+,24+/m1/s1. The van der Waals surface area contributed by atoms with Crippen LogP contribution in [0.1, 0.15) is 53.1 Å². The lowest BCUT2D eigenvalue weighted by Gasteiger charge is -2.46. The average molecular weight is 454 g/mol. The number of carbonyl (C=O) groups excluding carboxylic acids is 3. The molecular weight excluding hydrogens is 428 g/mol. The molecule has 1 aromatic rings. The summed E-state index contributed by atoms with van der Waals surface area (Å²) in [5, 5.41) is 43.7. The average Bonchev–Trinajstić information content (AvgIpc) is 3.55. The van der Waals surface area contributed by atoms with Crippen LogP contribution in [0, 0.1) is 11.8 Å². The van der Waals surface area contributed by atoms with E-state index in [9.17, 15) is 34.8 Å². The largest absolute Gasteiger partial charge is 0.511 e. The van der Waals surface area contributed by atoms with E-state index in [-0.39, 0.29) is 35.6 Å². The van der Waals surface area contributed by atoms with Crippen LogP contribution >= 0.6 is 0 Å². The van der Waals surface area contributed by atoms with Crippen LogP contribution < -0.4 is 10.6 Å². The monoisotopic (exact) mass is 454 g/mol. The number of benzene rings is 1. The van der Waals surface area contributed by atoms with Crippen LogP contribution in [0.5, 0.6) is 5.75 Å². The van der Waals surface area contributed by atoms with Crippen LogP contribution in [0.3, 0.4) is 0 Å². The first-order chi connectivity index (χ1) is 15.5. The highest BCUT2D eigenvalue weighted by atomic mass is 16.3. The molecule has 9 nitrogen and oxygen atoms in total. The van der Waals surface area contributed by atoms with Crippen LogP contribution in [0.2, 0.25) is 0 Å². The van der Waals surface area contributed by atoms with E-state index in [1.54, 1.807) is 0 Å². The van der Waals surface area contributed by atoms with Crippen molar-refractivity contribution in [2.45, 2.75) is 43.6 Å². The van der Waals surface area contributed by atoms with E-state index >= 15 is 0 Å². The molecular formula is C24H26N2O7. The maximum Gasteiger partial charge on any atom is 0.255 e. The number of aromatic hydroxyl groups is 1. The zero-order chi connectivity index (χ0) is 24.0. The van der Waals surface area contributed by atoms with Crippen LogP contribution in [0.4, 0.5) is 5.69 Å². The van der Waals surface area contributed by atoms with E-state index in [1.807, 2.05) is 25.1 Å². The zero-order valence-electron chi connectivity index (χ0n) is 18.4. The molecule has 1 saturated carbocycles. The maximum absolute atomic E-state index is 13.7. The number of rotatable bonds is 3. The number of phenols is 1. The molecule has 0 aliphatic heterocycles. The Morgan fingerprint density at radius 2 is 1.79 bits per heavy atom. The molecule has 4 aliphatic carbocycles. The molecule has 0 aromatic heterocycles. The molecule has 0 radical (unpaired) electrons. The Kier molecular flexibility index (Phi) is 4.46. The molecule has 4 aliphatic rings. The molecule has 1 aromatic carbocycles.